The summed E-state index contributed by atoms with van der Waals surface area (Å²) in [4.78, 5) is 17.4. The number of hydrogen-bond donors (Lipinski definition) is 0. The lowest BCUT2D eigenvalue weighted by molar-refractivity contribution is -0.119. The highest BCUT2D eigenvalue weighted by molar-refractivity contribution is 8.00. The van der Waals surface area contributed by atoms with E-state index in [0.717, 1.165) is 0 Å². The van der Waals surface area contributed by atoms with E-state index in [1.54, 1.807) is 23.1 Å². The number of hydrogen-bond acceptors (Lipinski definition) is 4. The van der Waals surface area contributed by atoms with Crippen molar-refractivity contribution in [1.29, 1.82) is 0 Å². The number of thiocarbonyl (C=S) groups is 1. The van der Waals surface area contributed by atoms with Gasteiger partial charge in [0.15, 0.2) is 5.11 Å². The maximum atomic E-state index is 13.4. The summed E-state index contributed by atoms with van der Waals surface area (Å²) in [5, 5.41) is 2.50. The number of amides is 1. The van der Waals surface area contributed by atoms with Gasteiger partial charge in [0.2, 0.25) is 0 Å². The van der Waals surface area contributed by atoms with Crippen molar-refractivity contribution in [3.8, 4) is 0 Å². The van der Waals surface area contributed by atoms with E-state index in [1.165, 1.54) is 28.0 Å². The molecule has 0 aliphatic carbocycles. The van der Waals surface area contributed by atoms with Gasteiger partial charge in [0.1, 0.15) is 17.2 Å². The summed E-state index contributed by atoms with van der Waals surface area (Å²) in [6.07, 6.45) is 0. The smallest absolute Gasteiger partial charge is 0.257 e. The SMILES string of the molecule is O=C1C2CSC(c3cccs3)N2C(=S)N1c1ccc(F)c(Cl)c1. The molecule has 2 aromatic rings. The van der Waals surface area contributed by atoms with E-state index in [2.05, 4.69) is 6.07 Å². The zero-order valence-corrected chi connectivity index (χ0v) is 14.8. The summed E-state index contributed by atoms with van der Waals surface area (Å²) < 4.78 is 13.4. The molecule has 2 aliphatic heterocycles. The van der Waals surface area contributed by atoms with E-state index in [4.69, 9.17) is 23.8 Å². The molecule has 1 aromatic carbocycles. The van der Waals surface area contributed by atoms with Crippen LogP contribution in [0.2, 0.25) is 5.02 Å². The maximum absolute atomic E-state index is 13.4. The summed E-state index contributed by atoms with van der Waals surface area (Å²) in [5.41, 5.74) is 0.510. The first kappa shape index (κ1) is 15.4. The molecule has 0 radical (unpaired) electrons. The molecule has 3 nitrogen and oxygen atoms in total. The molecule has 1 amide bonds. The monoisotopic (exact) mass is 384 g/mol. The van der Waals surface area contributed by atoms with Crippen molar-refractivity contribution >= 4 is 63.6 Å². The van der Waals surface area contributed by atoms with Gasteiger partial charge in [-0.15, -0.1) is 23.1 Å². The lowest BCUT2D eigenvalue weighted by atomic mass is 10.2. The van der Waals surface area contributed by atoms with Crippen LogP contribution in [0.5, 0.6) is 0 Å². The molecule has 2 atom stereocenters. The Morgan fingerprint density at radius 2 is 2.17 bits per heavy atom. The third-order valence-electron chi connectivity index (χ3n) is 3.87. The lowest BCUT2D eigenvalue weighted by Crippen LogP contribution is -2.33. The molecule has 118 valence electrons. The van der Waals surface area contributed by atoms with Crippen LogP contribution in [0.15, 0.2) is 35.7 Å². The molecule has 0 saturated carbocycles. The van der Waals surface area contributed by atoms with Crippen molar-refractivity contribution < 1.29 is 9.18 Å². The highest BCUT2D eigenvalue weighted by Crippen LogP contribution is 2.47. The predicted octanol–water partition coefficient (Wildman–Crippen LogP) is 4.29. The summed E-state index contributed by atoms with van der Waals surface area (Å²) in [6, 6.07) is 7.99. The van der Waals surface area contributed by atoms with Gasteiger partial charge < -0.3 is 4.90 Å². The fraction of sp³-hybridized carbons (Fsp3) is 0.200. The third kappa shape index (κ3) is 2.38. The van der Waals surface area contributed by atoms with E-state index >= 15 is 0 Å². The van der Waals surface area contributed by atoms with Gasteiger partial charge in [-0.25, -0.2) is 4.39 Å². The van der Waals surface area contributed by atoms with Crippen molar-refractivity contribution in [1.82, 2.24) is 4.90 Å². The number of carbonyl (C=O) groups is 1. The number of fused-ring (bicyclic) bond motifs is 1. The molecule has 0 spiro atoms. The zero-order chi connectivity index (χ0) is 16.1. The van der Waals surface area contributed by atoms with Gasteiger partial charge in [0, 0.05) is 10.6 Å². The van der Waals surface area contributed by atoms with Crippen LogP contribution >= 0.6 is 46.9 Å². The van der Waals surface area contributed by atoms with Gasteiger partial charge in [-0.1, -0.05) is 17.7 Å². The van der Waals surface area contributed by atoms with Crippen LogP contribution in [0.25, 0.3) is 0 Å². The van der Waals surface area contributed by atoms with Crippen LogP contribution in [0.1, 0.15) is 10.3 Å². The highest BCUT2D eigenvalue weighted by Gasteiger charge is 2.51. The minimum Gasteiger partial charge on any atom is -0.319 e. The normalized spacial score (nSPS) is 23.7. The Labute approximate surface area is 151 Å². The first-order chi connectivity index (χ1) is 11.1. The van der Waals surface area contributed by atoms with E-state index in [9.17, 15) is 9.18 Å². The molecule has 2 unspecified atom stereocenters. The molecule has 1 aromatic heterocycles. The van der Waals surface area contributed by atoms with E-state index in [1.807, 2.05) is 16.3 Å². The summed E-state index contributed by atoms with van der Waals surface area (Å²) in [6.45, 7) is 0. The second-order valence-electron chi connectivity index (χ2n) is 5.18. The van der Waals surface area contributed by atoms with Gasteiger partial charge in [0.05, 0.1) is 10.7 Å². The number of anilines is 1. The molecule has 2 fully saturated rings. The second-order valence-corrected chi connectivity index (χ2v) is 8.04. The number of halogens is 2. The maximum Gasteiger partial charge on any atom is 0.257 e. The van der Waals surface area contributed by atoms with E-state index in [-0.39, 0.29) is 22.3 Å². The molecule has 2 aliphatic rings. The number of thiophene rings is 1. The minimum atomic E-state index is -0.513. The molecular formula is C15H10ClFN2OS3. The molecule has 4 rings (SSSR count). The van der Waals surface area contributed by atoms with Crippen LogP contribution < -0.4 is 4.90 Å². The second kappa shape index (κ2) is 5.73. The van der Waals surface area contributed by atoms with Crippen LogP contribution in [-0.2, 0) is 4.79 Å². The van der Waals surface area contributed by atoms with Crippen LogP contribution in [-0.4, -0.2) is 27.7 Å². The molecule has 2 saturated heterocycles. The lowest BCUT2D eigenvalue weighted by Gasteiger charge is -2.24. The predicted molar refractivity (Wildman–Crippen MR) is 96.6 cm³/mol. The van der Waals surface area contributed by atoms with Gasteiger partial charge in [-0.2, -0.15) is 0 Å². The van der Waals surface area contributed by atoms with E-state index < -0.39 is 5.82 Å². The summed E-state index contributed by atoms with van der Waals surface area (Å²) >= 11 is 14.8. The number of rotatable bonds is 2. The third-order valence-corrected chi connectivity index (χ3v) is 6.93. The number of carbonyl (C=O) groups excluding carboxylic acids is 1. The van der Waals surface area contributed by atoms with Gasteiger partial charge >= 0.3 is 0 Å². The van der Waals surface area contributed by atoms with Crippen LogP contribution in [0.3, 0.4) is 0 Å². The van der Waals surface area contributed by atoms with Crippen molar-refractivity contribution in [3.05, 3.63) is 51.4 Å². The fourth-order valence-electron chi connectivity index (χ4n) is 2.80. The summed E-state index contributed by atoms with van der Waals surface area (Å²) in [5.74, 6) is 0.0946. The number of nitrogens with zero attached hydrogens (tertiary/aromatic N) is 2. The summed E-state index contributed by atoms with van der Waals surface area (Å²) in [7, 11) is 0. The van der Waals surface area contributed by atoms with Crippen LogP contribution in [0, 0.1) is 5.82 Å². The molecule has 0 N–H and O–H groups in total. The first-order valence-electron chi connectivity index (χ1n) is 6.84. The molecular weight excluding hydrogens is 375 g/mol. The Morgan fingerprint density at radius 1 is 1.35 bits per heavy atom. The fourth-order valence-corrected chi connectivity index (χ4v) is 5.86. The quantitative estimate of drug-likeness (QED) is 0.721. The Hall–Kier alpha value is -1.15. The molecule has 8 heteroatoms. The molecule has 23 heavy (non-hydrogen) atoms. The van der Waals surface area contributed by atoms with Crippen molar-refractivity contribution in [2.75, 3.05) is 10.7 Å². The first-order valence-corrected chi connectivity index (χ1v) is 9.55. The largest absolute Gasteiger partial charge is 0.319 e. The Morgan fingerprint density at radius 3 is 2.87 bits per heavy atom. The Bertz CT molecular complexity index is 798. The highest BCUT2D eigenvalue weighted by atomic mass is 35.5. The molecule has 0 bridgehead atoms. The zero-order valence-electron chi connectivity index (χ0n) is 11.6. The topological polar surface area (TPSA) is 23.6 Å². The van der Waals surface area contributed by atoms with E-state index in [0.29, 0.717) is 16.6 Å². The average Bonchev–Trinajstić information content (AvgIpc) is 3.22. The van der Waals surface area contributed by atoms with Gasteiger partial charge in [-0.05, 0) is 41.9 Å². The van der Waals surface area contributed by atoms with Gasteiger partial charge in [-0.3, -0.25) is 9.69 Å². The van der Waals surface area contributed by atoms with Gasteiger partial charge in [0.25, 0.3) is 5.91 Å². The number of thioether (sulfide) groups is 1. The van der Waals surface area contributed by atoms with Crippen molar-refractivity contribution in [2.24, 2.45) is 0 Å². The van der Waals surface area contributed by atoms with Crippen LogP contribution in [0.4, 0.5) is 10.1 Å². The minimum absolute atomic E-state index is 0.0191. The van der Waals surface area contributed by atoms with Crippen molar-refractivity contribution in [3.63, 3.8) is 0 Å². The average molecular weight is 385 g/mol. The Kier molecular flexibility index (Phi) is 3.84. The van der Waals surface area contributed by atoms with Crippen molar-refractivity contribution in [2.45, 2.75) is 11.4 Å². The Balaban J connectivity index is 1.71. The molecule has 3 heterocycles. The number of benzene rings is 1. The standard InChI is InChI=1S/C15H10ClFN2OS3/c16-9-6-8(3-4-10(9)17)18-13(20)11-7-23-14(19(11)15(18)21)12-2-1-5-22-12/h1-6,11,14H,7H2.